The molecule has 0 saturated heterocycles. The predicted molar refractivity (Wildman–Crippen MR) is 245 cm³/mol. The van der Waals surface area contributed by atoms with Crippen LogP contribution < -0.4 is 10.6 Å². The first-order chi connectivity index (χ1) is 30.5. The number of unbranched alkanes of at least 4 members (excludes halogenated alkanes) is 12. The molecule has 2 unspecified atom stereocenters. The molecule has 1 heterocycles. The van der Waals surface area contributed by atoms with E-state index in [9.17, 15) is 54.6 Å². The van der Waals surface area contributed by atoms with Crippen LogP contribution in [0.2, 0.25) is 0 Å². The van der Waals surface area contributed by atoms with Crippen LogP contribution in [0.1, 0.15) is 154 Å². The van der Waals surface area contributed by atoms with E-state index in [1.165, 1.54) is 119 Å². The molecule has 0 radical (unpaired) electrons. The molecule has 0 aliphatic carbocycles. The Labute approximate surface area is 379 Å². The number of amides is 3. The lowest BCUT2D eigenvalue weighted by molar-refractivity contribution is -0.143. The molecular formula is C49H76N4O11. The molecule has 0 saturated carbocycles. The molecule has 1 aliphatic rings. The van der Waals surface area contributed by atoms with Crippen molar-refractivity contribution in [2.45, 2.75) is 179 Å². The number of Topliss-reactive ketones (excluding diaryl/α,β-unsaturated/α-hetero) is 1. The molecule has 0 spiro atoms. The third kappa shape index (κ3) is 17.1. The second kappa shape index (κ2) is 27.7. The highest BCUT2D eigenvalue weighted by atomic mass is 16.4. The monoisotopic (exact) mass is 897 g/mol. The number of ketones is 1. The number of aliphatic hydroxyl groups excluding tert-OH is 3. The number of aliphatic hydroxyl groups is 3. The van der Waals surface area contributed by atoms with Crippen LogP contribution in [0.4, 0.5) is 0 Å². The number of phenols is 2. The number of rotatable bonds is 26. The zero-order chi connectivity index (χ0) is 47.3. The van der Waals surface area contributed by atoms with Crippen LogP contribution in [0.3, 0.4) is 0 Å². The molecule has 15 nitrogen and oxygen atoms in total. The molecule has 358 valence electrons. The summed E-state index contributed by atoms with van der Waals surface area (Å²) in [5.41, 5.74) is 1.02. The number of carbonyl (C=O) groups excluding carboxylic acids is 4. The van der Waals surface area contributed by atoms with Crippen LogP contribution in [0.5, 0.6) is 11.5 Å². The average molecular weight is 897 g/mol. The number of hydrogen-bond acceptors (Lipinski definition) is 11. The Morgan fingerprint density at radius 2 is 1.38 bits per heavy atom. The Morgan fingerprint density at radius 1 is 0.812 bits per heavy atom. The van der Waals surface area contributed by atoms with Gasteiger partial charge in [-0.15, -0.1) is 0 Å². The number of likely N-dealkylation sites (N-methyl/N-ethyl adjacent to an activating group) is 2. The molecule has 3 amide bonds. The van der Waals surface area contributed by atoms with Crippen molar-refractivity contribution in [3.05, 3.63) is 47.5 Å². The summed E-state index contributed by atoms with van der Waals surface area (Å²) in [5.74, 6) is -4.95. The van der Waals surface area contributed by atoms with Crippen molar-refractivity contribution >= 4 is 29.5 Å². The number of aromatic hydroxyl groups is 2. The third-order valence-corrected chi connectivity index (χ3v) is 12.6. The van der Waals surface area contributed by atoms with E-state index in [1.807, 2.05) is 0 Å². The van der Waals surface area contributed by atoms with Crippen molar-refractivity contribution in [2.24, 2.45) is 5.92 Å². The molecule has 64 heavy (non-hydrogen) atoms. The molecule has 1 aliphatic heterocycles. The number of benzene rings is 2. The molecule has 2 aromatic carbocycles. The van der Waals surface area contributed by atoms with E-state index >= 15 is 0 Å². The number of nitrogens with zero attached hydrogens (tertiary/aromatic N) is 2. The Balaban J connectivity index is 1.56. The van der Waals surface area contributed by atoms with E-state index in [4.69, 9.17) is 0 Å². The fraction of sp³-hybridized carbons (Fsp3) is 0.653. The fourth-order valence-electron chi connectivity index (χ4n) is 8.34. The second-order valence-electron chi connectivity index (χ2n) is 17.9. The summed E-state index contributed by atoms with van der Waals surface area (Å²) in [4.78, 5) is 68.9. The molecule has 3 rings (SSSR count). The van der Waals surface area contributed by atoms with Gasteiger partial charge in [-0.2, -0.15) is 0 Å². The highest BCUT2D eigenvalue weighted by molar-refractivity contribution is 5.94. The van der Waals surface area contributed by atoms with E-state index in [-0.39, 0.29) is 66.9 Å². The highest BCUT2D eigenvalue weighted by Gasteiger charge is 2.34. The van der Waals surface area contributed by atoms with Crippen LogP contribution in [0, 0.1) is 5.92 Å². The number of carbonyl (C=O) groups is 5. The van der Waals surface area contributed by atoms with Crippen molar-refractivity contribution in [1.82, 2.24) is 20.4 Å². The lowest BCUT2D eigenvalue weighted by Crippen LogP contribution is -2.47. The van der Waals surface area contributed by atoms with Crippen LogP contribution in [-0.4, -0.2) is 121 Å². The zero-order valence-corrected chi connectivity index (χ0v) is 38.8. The van der Waals surface area contributed by atoms with Crippen molar-refractivity contribution in [3.8, 4) is 22.6 Å². The molecule has 8 N–H and O–H groups in total. The number of phenolic OH excluding ortho intramolecular Hbond substituents is 2. The second-order valence-corrected chi connectivity index (χ2v) is 17.9. The number of nitrogens with one attached hydrogen (secondary N) is 2. The van der Waals surface area contributed by atoms with Crippen molar-refractivity contribution in [2.75, 3.05) is 20.7 Å². The standard InChI is InChI=1S/C49H76N4O11/c1-6-7-8-9-10-11-12-13-14-15-16-17-18-19-45(60)52(4)36(31-54)30-44(59)50-33(3)40(55)24-25-46(61)53(5)47-35-21-23-42(57)38(29-35)37-27-34(20-22-41(37)56)28-39(49(63)64)51-48(62)32(2)26-43(47)58/h20-23,27,29,32-33,36,39-40,45,47,54-57,60H,6-19,24-26,28,30-31H2,1-5H3,(H,50,59)(H,51,62)(H,63,64)/t32-,33-,36+,39+,40?,45?,47+/m1/s1. The van der Waals surface area contributed by atoms with Gasteiger partial charge in [0.2, 0.25) is 17.7 Å². The summed E-state index contributed by atoms with van der Waals surface area (Å²) in [7, 11) is 3.07. The normalized spacial score (nSPS) is 18.7. The minimum absolute atomic E-state index is 0.0937. The van der Waals surface area contributed by atoms with Gasteiger partial charge in [-0.05, 0) is 68.6 Å². The van der Waals surface area contributed by atoms with Gasteiger partial charge in [0, 0.05) is 55.8 Å². The van der Waals surface area contributed by atoms with Gasteiger partial charge in [0.05, 0.1) is 18.8 Å². The molecule has 7 atom stereocenters. The Kier molecular flexibility index (Phi) is 23.3. The number of fused-ring (bicyclic) bond motifs is 5. The maximum Gasteiger partial charge on any atom is 0.326 e. The largest absolute Gasteiger partial charge is 0.507 e. The SMILES string of the molecule is CCCCCCCCCCCCCCCC(O)N(C)[C@H](CO)CC(=O)N[C@H](C)C(O)CCC(=O)N(C)[C@@H]1C(=O)C[C@@H](C)C(=O)N[C@H](C(=O)O)Cc2ccc(O)c(c2)-c2cc1ccc2O. The first kappa shape index (κ1) is 53.8. The highest BCUT2D eigenvalue weighted by Crippen LogP contribution is 2.39. The fourth-order valence-corrected chi connectivity index (χ4v) is 8.34. The minimum Gasteiger partial charge on any atom is -0.507 e. The summed E-state index contributed by atoms with van der Waals surface area (Å²) in [6.45, 7) is 4.94. The van der Waals surface area contributed by atoms with Gasteiger partial charge in [-0.25, -0.2) is 4.79 Å². The topological polar surface area (TPSA) is 237 Å². The Morgan fingerprint density at radius 3 is 1.95 bits per heavy atom. The van der Waals surface area contributed by atoms with E-state index in [0.29, 0.717) is 12.0 Å². The summed E-state index contributed by atoms with van der Waals surface area (Å²) in [5, 5.41) is 68.7. The molecule has 0 fully saturated rings. The summed E-state index contributed by atoms with van der Waals surface area (Å²) in [6.07, 6.45) is 13.4. The Hall–Kier alpha value is -4.57. The van der Waals surface area contributed by atoms with Crippen molar-refractivity contribution in [3.63, 3.8) is 0 Å². The lowest BCUT2D eigenvalue weighted by atomic mass is 9.89. The molecule has 4 bridgehead atoms. The first-order valence-electron chi connectivity index (χ1n) is 23.4. The van der Waals surface area contributed by atoms with Crippen LogP contribution in [0.25, 0.3) is 11.1 Å². The van der Waals surface area contributed by atoms with E-state index in [0.717, 1.165) is 19.3 Å². The van der Waals surface area contributed by atoms with Crippen molar-refractivity contribution < 1.29 is 54.6 Å². The number of aliphatic carboxylic acids is 1. The summed E-state index contributed by atoms with van der Waals surface area (Å²) >= 11 is 0. The van der Waals surface area contributed by atoms with Gasteiger partial charge in [0.1, 0.15) is 29.8 Å². The maximum absolute atomic E-state index is 14.0. The molecular weight excluding hydrogens is 821 g/mol. The van der Waals surface area contributed by atoms with Crippen LogP contribution in [-0.2, 0) is 30.4 Å². The third-order valence-electron chi connectivity index (χ3n) is 12.6. The Bertz CT molecular complexity index is 1810. The number of hydrogen-bond donors (Lipinski definition) is 8. The number of carboxylic acid groups (broad SMARTS) is 1. The zero-order valence-electron chi connectivity index (χ0n) is 38.8. The van der Waals surface area contributed by atoms with Crippen LogP contribution in [0.15, 0.2) is 36.4 Å². The molecule has 15 heteroatoms. The minimum atomic E-state index is -1.35. The number of carboxylic acids is 1. The van der Waals surface area contributed by atoms with E-state index < -0.39 is 71.9 Å². The summed E-state index contributed by atoms with van der Waals surface area (Å²) < 4.78 is 0. The van der Waals surface area contributed by atoms with Gasteiger partial charge >= 0.3 is 5.97 Å². The summed E-state index contributed by atoms with van der Waals surface area (Å²) in [6, 6.07) is 4.53. The average Bonchev–Trinajstić information content (AvgIpc) is 3.26. The van der Waals surface area contributed by atoms with Gasteiger partial charge in [0.25, 0.3) is 0 Å². The smallest absolute Gasteiger partial charge is 0.326 e. The quantitative estimate of drug-likeness (QED) is 0.0394. The van der Waals surface area contributed by atoms with Crippen molar-refractivity contribution in [1.29, 1.82) is 0 Å². The van der Waals surface area contributed by atoms with Gasteiger partial charge in [-0.1, -0.05) is 103 Å². The molecule has 0 aromatic heterocycles. The van der Waals surface area contributed by atoms with Gasteiger partial charge in [-0.3, -0.25) is 24.1 Å². The van der Waals surface area contributed by atoms with Gasteiger partial charge < -0.3 is 46.2 Å². The van der Waals surface area contributed by atoms with Crippen LogP contribution >= 0.6 is 0 Å². The lowest BCUT2D eigenvalue weighted by Gasteiger charge is -2.31. The maximum atomic E-state index is 14.0. The predicted octanol–water partition coefficient (Wildman–Crippen LogP) is 6.11. The van der Waals surface area contributed by atoms with E-state index in [1.54, 1.807) is 18.9 Å². The van der Waals surface area contributed by atoms with Gasteiger partial charge in [0.15, 0.2) is 5.78 Å². The molecule has 2 aromatic rings. The first-order valence-corrected chi connectivity index (χ1v) is 23.4. The van der Waals surface area contributed by atoms with E-state index in [2.05, 4.69) is 17.6 Å².